The Morgan fingerprint density at radius 3 is 2.16 bits per heavy atom. The molecule has 0 aliphatic rings. The van der Waals surface area contributed by atoms with E-state index in [2.05, 4.69) is 4.74 Å². The number of methoxy groups -OCH3 is 1. The molecule has 6 nitrogen and oxygen atoms in total. The van der Waals surface area contributed by atoms with Crippen LogP contribution in [0.1, 0.15) is 51.4 Å². The molecular weight excluding hydrogens is 252 g/mol. The molecule has 0 heterocycles. The summed E-state index contributed by atoms with van der Waals surface area (Å²) in [6, 6.07) is 0. The molecule has 0 aliphatic carbocycles. The van der Waals surface area contributed by atoms with Gasteiger partial charge in [-0.1, -0.05) is 0 Å². The average molecular weight is 276 g/mol. The standard InChI is InChI=1S/C13H24O6/c1-18-12(16)8-4-5-9-13(17)19-10-6-2-3-7-11(14)15/h11,14-15H,2-10H2,1H3. The van der Waals surface area contributed by atoms with Gasteiger partial charge < -0.3 is 19.7 Å². The van der Waals surface area contributed by atoms with Crippen molar-refractivity contribution in [1.82, 2.24) is 0 Å². The van der Waals surface area contributed by atoms with Gasteiger partial charge in [0, 0.05) is 12.8 Å². The molecular formula is C13H24O6. The van der Waals surface area contributed by atoms with Gasteiger partial charge >= 0.3 is 11.9 Å². The summed E-state index contributed by atoms with van der Waals surface area (Å²) in [7, 11) is 1.34. The summed E-state index contributed by atoms with van der Waals surface area (Å²) in [6.07, 6.45) is 3.20. The number of hydrogen-bond donors (Lipinski definition) is 2. The highest BCUT2D eigenvalue weighted by molar-refractivity contribution is 5.70. The lowest BCUT2D eigenvalue weighted by Crippen LogP contribution is -2.07. The fourth-order valence-electron chi connectivity index (χ4n) is 1.50. The first-order valence-corrected chi connectivity index (χ1v) is 6.65. The van der Waals surface area contributed by atoms with Crippen LogP contribution in [0.15, 0.2) is 0 Å². The summed E-state index contributed by atoms with van der Waals surface area (Å²) in [4.78, 5) is 22.1. The molecule has 0 saturated heterocycles. The number of unbranched alkanes of at least 4 members (excludes halogenated alkanes) is 3. The Kier molecular flexibility index (Phi) is 11.2. The van der Waals surface area contributed by atoms with Gasteiger partial charge in [0.25, 0.3) is 0 Å². The molecule has 2 N–H and O–H groups in total. The Balaban J connectivity index is 3.28. The van der Waals surface area contributed by atoms with Crippen molar-refractivity contribution in [1.29, 1.82) is 0 Å². The van der Waals surface area contributed by atoms with Gasteiger partial charge in [0.1, 0.15) is 0 Å². The van der Waals surface area contributed by atoms with Crippen LogP contribution in [0.3, 0.4) is 0 Å². The number of aliphatic hydroxyl groups excluding tert-OH is 1. The van der Waals surface area contributed by atoms with E-state index >= 15 is 0 Å². The smallest absolute Gasteiger partial charge is 0.305 e. The quantitative estimate of drug-likeness (QED) is 0.334. The molecule has 19 heavy (non-hydrogen) atoms. The third-order valence-electron chi connectivity index (χ3n) is 2.61. The van der Waals surface area contributed by atoms with Crippen molar-refractivity contribution in [3.8, 4) is 0 Å². The number of aliphatic hydroxyl groups is 2. The molecule has 0 bridgehead atoms. The van der Waals surface area contributed by atoms with Crippen molar-refractivity contribution in [2.75, 3.05) is 13.7 Å². The van der Waals surface area contributed by atoms with Crippen LogP contribution in [0.2, 0.25) is 0 Å². The van der Waals surface area contributed by atoms with Crippen molar-refractivity contribution in [2.45, 2.75) is 57.7 Å². The molecule has 0 amide bonds. The lowest BCUT2D eigenvalue weighted by molar-refractivity contribution is -0.145. The van der Waals surface area contributed by atoms with Crippen LogP contribution in [-0.4, -0.2) is 42.2 Å². The first-order valence-electron chi connectivity index (χ1n) is 6.65. The summed E-state index contributed by atoms with van der Waals surface area (Å²) < 4.78 is 9.49. The Bertz CT molecular complexity index is 252. The number of hydrogen-bond acceptors (Lipinski definition) is 6. The zero-order valence-corrected chi connectivity index (χ0v) is 11.5. The molecule has 0 aromatic heterocycles. The fraction of sp³-hybridized carbons (Fsp3) is 0.846. The minimum atomic E-state index is -1.25. The SMILES string of the molecule is COC(=O)CCCCC(=O)OCCCCCC(O)O. The van der Waals surface area contributed by atoms with Crippen LogP contribution in [-0.2, 0) is 19.1 Å². The maximum Gasteiger partial charge on any atom is 0.305 e. The fourth-order valence-corrected chi connectivity index (χ4v) is 1.50. The zero-order chi connectivity index (χ0) is 14.5. The predicted molar refractivity (Wildman–Crippen MR) is 68.1 cm³/mol. The normalized spacial score (nSPS) is 10.5. The maximum atomic E-state index is 11.3. The van der Waals surface area contributed by atoms with Gasteiger partial charge in [0.05, 0.1) is 13.7 Å². The van der Waals surface area contributed by atoms with Crippen LogP contribution in [0, 0.1) is 0 Å². The van der Waals surface area contributed by atoms with Crippen molar-refractivity contribution in [3.05, 3.63) is 0 Å². The summed E-state index contributed by atoms with van der Waals surface area (Å²) in [5, 5.41) is 17.2. The monoisotopic (exact) mass is 276 g/mol. The Labute approximate surface area is 113 Å². The van der Waals surface area contributed by atoms with Gasteiger partial charge in [-0.25, -0.2) is 0 Å². The highest BCUT2D eigenvalue weighted by Gasteiger charge is 2.05. The first-order chi connectivity index (χ1) is 9.06. The number of rotatable bonds is 11. The van der Waals surface area contributed by atoms with Gasteiger partial charge in [-0.05, 0) is 38.5 Å². The van der Waals surface area contributed by atoms with E-state index in [0.29, 0.717) is 45.1 Å². The van der Waals surface area contributed by atoms with E-state index in [-0.39, 0.29) is 11.9 Å². The number of esters is 2. The molecule has 0 fully saturated rings. The third-order valence-corrected chi connectivity index (χ3v) is 2.61. The van der Waals surface area contributed by atoms with E-state index in [0.717, 1.165) is 12.8 Å². The lowest BCUT2D eigenvalue weighted by atomic mass is 10.2. The molecule has 112 valence electrons. The first kappa shape index (κ1) is 17.9. The van der Waals surface area contributed by atoms with E-state index in [4.69, 9.17) is 14.9 Å². The minimum Gasteiger partial charge on any atom is -0.469 e. The number of carbonyl (C=O) groups is 2. The summed E-state index contributed by atoms with van der Waals surface area (Å²) in [5.74, 6) is -0.522. The Morgan fingerprint density at radius 2 is 1.58 bits per heavy atom. The number of carbonyl (C=O) groups excluding carboxylic acids is 2. The highest BCUT2D eigenvalue weighted by atomic mass is 16.5. The third kappa shape index (κ3) is 13.1. The number of ether oxygens (including phenoxy) is 2. The van der Waals surface area contributed by atoms with Gasteiger partial charge in [0.15, 0.2) is 6.29 Å². The molecule has 0 rings (SSSR count). The van der Waals surface area contributed by atoms with Gasteiger partial charge in [-0.3, -0.25) is 9.59 Å². The van der Waals surface area contributed by atoms with Gasteiger partial charge in [-0.15, -0.1) is 0 Å². The molecule has 6 heteroatoms. The van der Waals surface area contributed by atoms with E-state index in [9.17, 15) is 9.59 Å². The Morgan fingerprint density at radius 1 is 0.947 bits per heavy atom. The van der Waals surface area contributed by atoms with E-state index in [1.165, 1.54) is 7.11 Å². The van der Waals surface area contributed by atoms with Crippen molar-refractivity contribution >= 4 is 11.9 Å². The van der Waals surface area contributed by atoms with Crippen LogP contribution in [0.25, 0.3) is 0 Å². The van der Waals surface area contributed by atoms with Crippen LogP contribution in [0.4, 0.5) is 0 Å². The van der Waals surface area contributed by atoms with Gasteiger partial charge in [-0.2, -0.15) is 0 Å². The molecule has 0 aromatic carbocycles. The molecule has 0 aliphatic heterocycles. The second-order valence-electron chi connectivity index (χ2n) is 4.33. The van der Waals surface area contributed by atoms with Crippen LogP contribution in [0.5, 0.6) is 0 Å². The molecule has 0 spiro atoms. The van der Waals surface area contributed by atoms with Crippen molar-refractivity contribution in [2.24, 2.45) is 0 Å². The van der Waals surface area contributed by atoms with Crippen molar-refractivity contribution < 1.29 is 29.3 Å². The lowest BCUT2D eigenvalue weighted by Gasteiger charge is -2.05. The highest BCUT2D eigenvalue weighted by Crippen LogP contribution is 2.05. The summed E-state index contributed by atoms with van der Waals surface area (Å²) in [6.45, 7) is 0.358. The topological polar surface area (TPSA) is 93.1 Å². The summed E-state index contributed by atoms with van der Waals surface area (Å²) in [5.41, 5.74) is 0. The zero-order valence-electron chi connectivity index (χ0n) is 11.5. The molecule has 0 aromatic rings. The van der Waals surface area contributed by atoms with E-state index in [1.54, 1.807) is 0 Å². The van der Waals surface area contributed by atoms with E-state index < -0.39 is 6.29 Å². The minimum absolute atomic E-state index is 0.257. The molecule has 0 radical (unpaired) electrons. The molecule has 0 atom stereocenters. The van der Waals surface area contributed by atoms with Crippen LogP contribution < -0.4 is 0 Å². The average Bonchev–Trinajstić information content (AvgIpc) is 2.38. The molecule has 0 unspecified atom stereocenters. The second kappa shape index (κ2) is 11.9. The van der Waals surface area contributed by atoms with Gasteiger partial charge in [0.2, 0.25) is 0 Å². The maximum absolute atomic E-state index is 11.3. The summed E-state index contributed by atoms with van der Waals surface area (Å²) >= 11 is 0. The van der Waals surface area contributed by atoms with Crippen molar-refractivity contribution in [3.63, 3.8) is 0 Å². The van der Waals surface area contributed by atoms with E-state index in [1.807, 2.05) is 0 Å². The Hall–Kier alpha value is -1.14. The second-order valence-corrected chi connectivity index (χ2v) is 4.33. The molecule has 0 saturated carbocycles. The van der Waals surface area contributed by atoms with Crippen LogP contribution >= 0.6 is 0 Å². The largest absolute Gasteiger partial charge is 0.469 e. The predicted octanol–water partition coefficient (Wildman–Crippen LogP) is 1.13.